The maximum atomic E-state index is 6.15. The molecule has 4 nitrogen and oxygen atoms in total. The van der Waals surface area contributed by atoms with E-state index >= 15 is 0 Å². The third-order valence-corrected chi connectivity index (χ3v) is 3.83. The van der Waals surface area contributed by atoms with Crippen molar-refractivity contribution in [3.63, 3.8) is 0 Å². The van der Waals surface area contributed by atoms with E-state index in [2.05, 4.69) is 18.0 Å². The lowest BCUT2D eigenvalue weighted by molar-refractivity contribution is 0.217. The maximum absolute atomic E-state index is 6.15. The van der Waals surface area contributed by atoms with E-state index in [9.17, 15) is 0 Å². The first kappa shape index (κ1) is 13.8. The van der Waals surface area contributed by atoms with E-state index in [0.717, 1.165) is 46.4 Å². The lowest BCUT2D eigenvalue weighted by atomic mass is 10.2. The van der Waals surface area contributed by atoms with E-state index in [4.69, 9.17) is 9.82 Å². The summed E-state index contributed by atoms with van der Waals surface area (Å²) in [7, 11) is 0. The second-order valence-corrected chi connectivity index (χ2v) is 5.49. The van der Waals surface area contributed by atoms with E-state index in [1.54, 1.807) is 0 Å². The minimum Gasteiger partial charge on any atom is -0.373 e. The van der Waals surface area contributed by atoms with Crippen molar-refractivity contribution in [2.24, 2.45) is 0 Å². The van der Waals surface area contributed by atoms with Crippen LogP contribution < -0.4 is 4.84 Å². The molecule has 4 heteroatoms. The molecule has 0 saturated heterocycles. The number of para-hydroxylation sites is 2. The number of pyridine rings is 1. The SMILES string of the molecule is CCCc1nc2cnc3ccccc3c2n1Oc1ccccc1. The molecule has 0 fully saturated rings. The topological polar surface area (TPSA) is 39.9 Å². The van der Waals surface area contributed by atoms with E-state index in [1.807, 2.05) is 59.5 Å². The van der Waals surface area contributed by atoms with Crippen molar-refractivity contribution in [1.82, 2.24) is 14.7 Å². The predicted octanol–water partition coefficient (Wildman–Crippen LogP) is 4.38. The zero-order valence-electron chi connectivity index (χ0n) is 12.9. The molecule has 0 aliphatic rings. The fourth-order valence-corrected chi connectivity index (χ4v) is 2.79. The van der Waals surface area contributed by atoms with Gasteiger partial charge in [0.25, 0.3) is 0 Å². The molecule has 0 spiro atoms. The Labute approximate surface area is 134 Å². The van der Waals surface area contributed by atoms with Gasteiger partial charge in [0.1, 0.15) is 16.9 Å². The van der Waals surface area contributed by atoms with Crippen LogP contribution in [-0.2, 0) is 6.42 Å². The number of hydrogen-bond donors (Lipinski definition) is 0. The number of nitrogens with zero attached hydrogens (tertiary/aromatic N) is 3. The van der Waals surface area contributed by atoms with Gasteiger partial charge >= 0.3 is 0 Å². The summed E-state index contributed by atoms with van der Waals surface area (Å²) in [5, 5.41) is 1.05. The Morgan fingerprint density at radius 1 is 0.957 bits per heavy atom. The molecule has 2 heterocycles. The minimum absolute atomic E-state index is 0.796. The zero-order valence-corrected chi connectivity index (χ0v) is 12.9. The second kappa shape index (κ2) is 5.72. The van der Waals surface area contributed by atoms with Crippen LogP contribution in [0.5, 0.6) is 5.75 Å². The number of fused-ring (bicyclic) bond motifs is 3. The highest BCUT2D eigenvalue weighted by molar-refractivity contribution is 6.02. The molecule has 4 rings (SSSR count). The van der Waals surface area contributed by atoms with Crippen LogP contribution in [0.4, 0.5) is 0 Å². The summed E-state index contributed by atoms with van der Waals surface area (Å²) in [6.07, 6.45) is 3.68. The van der Waals surface area contributed by atoms with Crippen molar-refractivity contribution in [3.05, 3.63) is 66.6 Å². The molecule has 0 radical (unpaired) electrons. The third-order valence-electron chi connectivity index (χ3n) is 3.83. The summed E-state index contributed by atoms with van der Waals surface area (Å²) in [5.74, 6) is 1.72. The maximum Gasteiger partial charge on any atom is 0.155 e. The summed E-state index contributed by atoms with van der Waals surface area (Å²) in [6.45, 7) is 2.14. The Balaban J connectivity index is 1.98. The zero-order chi connectivity index (χ0) is 15.6. The monoisotopic (exact) mass is 303 g/mol. The van der Waals surface area contributed by atoms with Gasteiger partial charge in [-0.15, -0.1) is 0 Å². The lowest BCUT2D eigenvalue weighted by Gasteiger charge is -2.11. The largest absolute Gasteiger partial charge is 0.373 e. The van der Waals surface area contributed by atoms with E-state index in [-0.39, 0.29) is 0 Å². The Bertz CT molecular complexity index is 960. The summed E-state index contributed by atoms with van der Waals surface area (Å²) in [4.78, 5) is 15.4. The molecular formula is C19H17N3O. The Morgan fingerprint density at radius 3 is 2.57 bits per heavy atom. The highest BCUT2D eigenvalue weighted by atomic mass is 16.7. The molecule has 0 unspecified atom stereocenters. The first-order valence-corrected chi connectivity index (χ1v) is 7.85. The van der Waals surface area contributed by atoms with Gasteiger partial charge in [0.15, 0.2) is 5.75 Å². The van der Waals surface area contributed by atoms with Gasteiger partial charge in [-0.1, -0.05) is 43.3 Å². The highest BCUT2D eigenvalue weighted by Crippen LogP contribution is 2.26. The van der Waals surface area contributed by atoms with Crippen LogP contribution in [0.15, 0.2) is 60.8 Å². The van der Waals surface area contributed by atoms with Gasteiger partial charge in [-0.05, 0) is 24.6 Å². The van der Waals surface area contributed by atoms with E-state index in [1.165, 1.54) is 0 Å². The van der Waals surface area contributed by atoms with Gasteiger partial charge in [0.05, 0.1) is 11.7 Å². The summed E-state index contributed by atoms with van der Waals surface area (Å²) >= 11 is 0. The van der Waals surface area contributed by atoms with Gasteiger partial charge in [-0.25, -0.2) is 4.98 Å². The van der Waals surface area contributed by atoms with Gasteiger partial charge in [-0.2, -0.15) is 4.73 Å². The number of imidazole rings is 1. The van der Waals surface area contributed by atoms with E-state index in [0.29, 0.717) is 0 Å². The quantitative estimate of drug-likeness (QED) is 0.561. The van der Waals surface area contributed by atoms with Crippen LogP contribution in [0.1, 0.15) is 19.2 Å². The van der Waals surface area contributed by atoms with Crippen molar-refractivity contribution in [2.75, 3.05) is 0 Å². The normalized spacial score (nSPS) is 11.2. The Hall–Kier alpha value is -2.88. The Morgan fingerprint density at radius 2 is 1.74 bits per heavy atom. The van der Waals surface area contributed by atoms with Crippen molar-refractivity contribution >= 4 is 21.9 Å². The van der Waals surface area contributed by atoms with Gasteiger partial charge in [0, 0.05) is 11.8 Å². The number of hydrogen-bond acceptors (Lipinski definition) is 3. The predicted molar refractivity (Wildman–Crippen MR) is 91.5 cm³/mol. The van der Waals surface area contributed by atoms with Crippen LogP contribution in [0.25, 0.3) is 21.9 Å². The first-order chi connectivity index (χ1) is 11.4. The molecule has 0 aliphatic heterocycles. The van der Waals surface area contributed by atoms with E-state index < -0.39 is 0 Å². The fourth-order valence-electron chi connectivity index (χ4n) is 2.79. The smallest absolute Gasteiger partial charge is 0.155 e. The molecular weight excluding hydrogens is 286 g/mol. The molecule has 0 N–H and O–H groups in total. The molecule has 0 saturated carbocycles. The van der Waals surface area contributed by atoms with Gasteiger partial charge in [0.2, 0.25) is 0 Å². The summed E-state index contributed by atoms with van der Waals surface area (Å²) < 4.78 is 1.86. The molecule has 23 heavy (non-hydrogen) atoms. The average Bonchev–Trinajstić information content (AvgIpc) is 2.94. The molecule has 0 aliphatic carbocycles. The minimum atomic E-state index is 0.796. The molecule has 2 aromatic heterocycles. The number of aryl methyl sites for hydroxylation is 1. The van der Waals surface area contributed by atoms with Gasteiger partial charge in [-0.3, -0.25) is 4.98 Å². The second-order valence-electron chi connectivity index (χ2n) is 5.49. The third kappa shape index (κ3) is 2.42. The van der Waals surface area contributed by atoms with Crippen molar-refractivity contribution < 1.29 is 4.84 Å². The molecule has 0 bridgehead atoms. The van der Waals surface area contributed by atoms with Crippen molar-refractivity contribution in [3.8, 4) is 5.75 Å². The molecule has 0 atom stereocenters. The van der Waals surface area contributed by atoms with Crippen LogP contribution >= 0.6 is 0 Å². The fraction of sp³-hybridized carbons (Fsp3) is 0.158. The molecule has 4 aromatic rings. The van der Waals surface area contributed by atoms with Crippen LogP contribution in [-0.4, -0.2) is 14.7 Å². The van der Waals surface area contributed by atoms with Crippen molar-refractivity contribution in [2.45, 2.75) is 19.8 Å². The van der Waals surface area contributed by atoms with Crippen LogP contribution in [0, 0.1) is 0 Å². The average molecular weight is 303 g/mol. The number of rotatable bonds is 4. The molecule has 0 amide bonds. The first-order valence-electron chi connectivity index (χ1n) is 7.85. The standard InChI is InChI=1S/C19H17N3O/c1-2-8-18-21-17-13-20-16-12-7-6-11-15(16)19(17)22(18)23-14-9-4-3-5-10-14/h3-7,9-13H,2,8H2,1H3. The molecule has 114 valence electrons. The highest BCUT2D eigenvalue weighted by Gasteiger charge is 2.15. The van der Waals surface area contributed by atoms with Crippen LogP contribution in [0.3, 0.4) is 0 Å². The lowest BCUT2D eigenvalue weighted by Crippen LogP contribution is -2.10. The summed E-state index contributed by atoms with van der Waals surface area (Å²) in [6, 6.07) is 17.9. The Kier molecular flexibility index (Phi) is 3.42. The van der Waals surface area contributed by atoms with Crippen molar-refractivity contribution in [1.29, 1.82) is 0 Å². The number of aromatic nitrogens is 3. The number of benzene rings is 2. The van der Waals surface area contributed by atoms with Gasteiger partial charge < -0.3 is 4.84 Å². The van der Waals surface area contributed by atoms with Crippen LogP contribution in [0.2, 0.25) is 0 Å². The molecule has 2 aromatic carbocycles. The summed E-state index contributed by atoms with van der Waals surface area (Å²) in [5.41, 5.74) is 2.78.